The van der Waals surface area contributed by atoms with Crippen molar-refractivity contribution in [3.8, 4) is 0 Å². The van der Waals surface area contributed by atoms with Gasteiger partial charge in [-0.25, -0.2) is 0 Å². The minimum absolute atomic E-state index is 0.0195. The van der Waals surface area contributed by atoms with Crippen LogP contribution in [0.2, 0.25) is 0 Å². The molecule has 0 saturated heterocycles. The topological polar surface area (TPSA) is 32.3 Å². The molecule has 0 aromatic heterocycles. The molecule has 1 fully saturated rings. The van der Waals surface area contributed by atoms with Gasteiger partial charge in [0.25, 0.3) is 0 Å². The monoisotopic (exact) mass is 157 g/mol. The molecule has 0 aromatic carbocycles. The lowest BCUT2D eigenvalue weighted by Crippen LogP contribution is -2.28. The third kappa shape index (κ3) is 3.21. The first-order chi connectivity index (χ1) is 5.18. The van der Waals surface area contributed by atoms with Gasteiger partial charge in [0.05, 0.1) is 6.10 Å². The summed E-state index contributed by atoms with van der Waals surface area (Å²) in [4.78, 5) is 0. The van der Waals surface area contributed by atoms with Crippen molar-refractivity contribution in [2.24, 2.45) is 5.92 Å². The first-order valence-electron chi connectivity index (χ1n) is 4.60. The van der Waals surface area contributed by atoms with E-state index in [1.54, 1.807) is 0 Å². The lowest BCUT2D eigenvalue weighted by molar-refractivity contribution is 0.177. The van der Waals surface area contributed by atoms with Gasteiger partial charge >= 0.3 is 0 Å². The van der Waals surface area contributed by atoms with Gasteiger partial charge in [0.1, 0.15) is 0 Å². The third-order valence-corrected chi connectivity index (χ3v) is 2.33. The summed E-state index contributed by atoms with van der Waals surface area (Å²) in [5.74, 6) is 0.715. The quantitative estimate of drug-likeness (QED) is 0.644. The molecule has 0 radical (unpaired) electrons. The Bertz CT molecular complexity index is 114. The van der Waals surface area contributed by atoms with Crippen molar-refractivity contribution in [1.82, 2.24) is 5.32 Å². The van der Waals surface area contributed by atoms with Crippen LogP contribution in [0.3, 0.4) is 0 Å². The smallest absolute Gasteiger partial charge is 0.0543 e. The van der Waals surface area contributed by atoms with Gasteiger partial charge in [-0.3, -0.25) is 0 Å². The van der Waals surface area contributed by atoms with Gasteiger partial charge in [-0.15, -0.1) is 0 Å². The van der Waals surface area contributed by atoms with Crippen LogP contribution >= 0.6 is 0 Å². The van der Waals surface area contributed by atoms with E-state index in [0.29, 0.717) is 12.0 Å². The van der Waals surface area contributed by atoms with E-state index in [1.807, 2.05) is 0 Å². The Morgan fingerprint density at radius 3 is 2.64 bits per heavy atom. The predicted molar refractivity (Wildman–Crippen MR) is 46.5 cm³/mol. The first kappa shape index (κ1) is 9.01. The summed E-state index contributed by atoms with van der Waals surface area (Å²) >= 11 is 0. The summed E-state index contributed by atoms with van der Waals surface area (Å²) in [6, 6.07) is 0.577. The van der Waals surface area contributed by atoms with Crippen LogP contribution in [0.5, 0.6) is 0 Å². The molecule has 2 heteroatoms. The van der Waals surface area contributed by atoms with Gasteiger partial charge in [-0.2, -0.15) is 0 Å². The Morgan fingerprint density at radius 1 is 1.45 bits per heavy atom. The number of aliphatic hydroxyl groups excluding tert-OH is 1. The average molecular weight is 157 g/mol. The molecule has 0 aliphatic heterocycles. The van der Waals surface area contributed by atoms with Gasteiger partial charge in [0.2, 0.25) is 0 Å². The summed E-state index contributed by atoms with van der Waals surface area (Å²) in [7, 11) is 0. The van der Waals surface area contributed by atoms with E-state index >= 15 is 0 Å². The number of aliphatic hydroxyl groups is 1. The molecule has 66 valence electrons. The van der Waals surface area contributed by atoms with Crippen molar-refractivity contribution in [2.45, 2.75) is 45.3 Å². The molecule has 1 aliphatic rings. The number of nitrogens with one attached hydrogen (secondary N) is 1. The lowest BCUT2D eigenvalue weighted by atomic mass is 10.1. The van der Waals surface area contributed by atoms with E-state index in [2.05, 4.69) is 19.2 Å². The number of hydrogen-bond donors (Lipinski definition) is 2. The Balaban J connectivity index is 2.08. The fourth-order valence-electron chi connectivity index (χ4n) is 1.64. The molecule has 11 heavy (non-hydrogen) atoms. The second-order valence-electron chi connectivity index (χ2n) is 3.90. The summed E-state index contributed by atoms with van der Waals surface area (Å²) in [6.07, 6.45) is 3.18. The van der Waals surface area contributed by atoms with Gasteiger partial charge in [0, 0.05) is 6.04 Å². The van der Waals surface area contributed by atoms with E-state index in [4.69, 9.17) is 0 Å². The van der Waals surface area contributed by atoms with Crippen LogP contribution in [0.15, 0.2) is 0 Å². The Hall–Kier alpha value is -0.0800. The molecule has 2 N–H and O–H groups in total. The molecule has 1 rings (SSSR count). The standard InChI is InChI=1S/C9H19NO/c1-7(2)10-6-8-3-4-9(11)5-8/h7-11H,3-6H2,1-2H3/t8-,9+/m0/s1. The van der Waals surface area contributed by atoms with Crippen LogP contribution in [0.25, 0.3) is 0 Å². The lowest BCUT2D eigenvalue weighted by Gasteiger charge is -2.12. The molecule has 0 amide bonds. The van der Waals surface area contributed by atoms with E-state index in [9.17, 15) is 5.11 Å². The summed E-state index contributed by atoms with van der Waals surface area (Å²) in [5.41, 5.74) is 0. The minimum atomic E-state index is -0.0195. The maximum Gasteiger partial charge on any atom is 0.0543 e. The molecule has 2 nitrogen and oxygen atoms in total. The largest absolute Gasteiger partial charge is 0.393 e. The summed E-state index contributed by atoms with van der Waals surface area (Å²) in [5, 5.41) is 12.6. The van der Waals surface area contributed by atoms with E-state index in [1.165, 1.54) is 6.42 Å². The fourth-order valence-corrected chi connectivity index (χ4v) is 1.64. The van der Waals surface area contributed by atoms with Crippen LogP contribution in [0.4, 0.5) is 0 Å². The maximum absolute atomic E-state index is 9.24. The first-order valence-corrected chi connectivity index (χ1v) is 4.60. The number of rotatable bonds is 3. The van der Waals surface area contributed by atoms with E-state index in [-0.39, 0.29) is 6.10 Å². The van der Waals surface area contributed by atoms with Crippen molar-refractivity contribution in [1.29, 1.82) is 0 Å². The van der Waals surface area contributed by atoms with Crippen molar-refractivity contribution >= 4 is 0 Å². The van der Waals surface area contributed by atoms with Gasteiger partial charge in [0.15, 0.2) is 0 Å². The second kappa shape index (κ2) is 4.07. The normalized spacial score (nSPS) is 31.6. The summed E-state index contributed by atoms with van der Waals surface area (Å²) < 4.78 is 0. The van der Waals surface area contributed by atoms with Crippen LogP contribution in [-0.4, -0.2) is 23.8 Å². The minimum Gasteiger partial charge on any atom is -0.393 e. The molecule has 0 heterocycles. The molecule has 0 aromatic rings. The highest BCUT2D eigenvalue weighted by molar-refractivity contribution is 4.76. The zero-order valence-electron chi connectivity index (χ0n) is 7.51. The molecule has 1 aliphatic carbocycles. The zero-order chi connectivity index (χ0) is 8.27. The Morgan fingerprint density at radius 2 is 2.18 bits per heavy atom. The van der Waals surface area contributed by atoms with E-state index < -0.39 is 0 Å². The van der Waals surface area contributed by atoms with Crippen molar-refractivity contribution in [3.05, 3.63) is 0 Å². The second-order valence-corrected chi connectivity index (χ2v) is 3.90. The van der Waals surface area contributed by atoms with Gasteiger partial charge in [-0.1, -0.05) is 13.8 Å². The maximum atomic E-state index is 9.24. The molecule has 0 unspecified atom stereocenters. The number of hydrogen-bond acceptors (Lipinski definition) is 2. The van der Waals surface area contributed by atoms with Crippen LogP contribution in [0, 0.1) is 5.92 Å². The van der Waals surface area contributed by atoms with Crippen molar-refractivity contribution in [2.75, 3.05) is 6.54 Å². The fraction of sp³-hybridized carbons (Fsp3) is 1.00. The van der Waals surface area contributed by atoms with Crippen LogP contribution in [-0.2, 0) is 0 Å². The molecule has 0 bridgehead atoms. The highest BCUT2D eigenvalue weighted by Gasteiger charge is 2.22. The van der Waals surface area contributed by atoms with Crippen molar-refractivity contribution in [3.63, 3.8) is 0 Å². The van der Waals surface area contributed by atoms with Gasteiger partial charge < -0.3 is 10.4 Å². The predicted octanol–water partition coefficient (Wildman–Crippen LogP) is 1.15. The molecule has 0 spiro atoms. The van der Waals surface area contributed by atoms with E-state index in [0.717, 1.165) is 19.4 Å². The van der Waals surface area contributed by atoms with Crippen LogP contribution in [0.1, 0.15) is 33.1 Å². The zero-order valence-corrected chi connectivity index (χ0v) is 7.51. The van der Waals surface area contributed by atoms with Gasteiger partial charge in [-0.05, 0) is 31.7 Å². The molecule has 1 saturated carbocycles. The highest BCUT2D eigenvalue weighted by atomic mass is 16.3. The molecule has 2 atom stereocenters. The summed E-state index contributed by atoms with van der Waals surface area (Å²) in [6.45, 7) is 5.39. The highest BCUT2D eigenvalue weighted by Crippen LogP contribution is 2.24. The van der Waals surface area contributed by atoms with Crippen molar-refractivity contribution < 1.29 is 5.11 Å². The Labute approximate surface area is 69.0 Å². The molecular formula is C9H19NO. The average Bonchev–Trinajstić information content (AvgIpc) is 2.31. The van der Waals surface area contributed by atoms with Crippen LogP contribution < -0.4 is 5.32 Å². The molecular weight excluding hydrogens is 138 g/mol. The third-order valence-electron chi connectivity index (χ3n) is 2.33. The SMILES string of the molecule is CC(C)NC[C@H]1CC[C@@H](O)C1. The Kier molecular flexibility index (Phi) is 3.34.